The highest BCUT2D eigenvalue weighted by molar-refractivity contribution is 6.07. The van der Waals surface area contributed by atoms with Gasteiger partial charge in [0.25, 0.3) is 0 Å². The van der Waals surface area contributed by atoms with Crippen molar-refractivity contribution >= 4 is 17.5 Å². The van der Waals surface area contributed by atoms with Crippen LogP contribution in [0, 0.1) is 0 Å². The summed E-state index contributed by atoms with van der Waals surface area (Å²) in [6.07, 6.45) is 6.44. The Balaban J connectivity index is 1.26. The summed E-state index contributed by atoms with van der Waals surface area (Å²) >= 11 is 0. The first-order chi connectivity index (χ1) is 22.8. The van der Waals surface area contributed by atoms with Crippen molar-refractivity contribution in [3.05, 3.63) is 118 Å². The molecular weight excluding hydrogens is 590 g/mol. The third kappa shape index (κ3) is 7.24. The molecule has 3 aromatic carbocycles. The van der Waals surface area contributed by atoms with Crippen molar-refractivity contribution in [2.45, 2.75) is 25.4 Å². The topological polar surface area (TPSA) is 123 Å². The molecule has 0 aliphatic carbocycles. The first kappa shape index (κ1) is 32.0. The highest BCUT2D eigenvalue weighted by atomic mass is 16.5. The highest BCUT2D eigenvalue weighted by Crippen LogP contribution is 2.37. The van der Waals surface area contributed by atoms with Crippen molar-refractivity contribution in [2.24, 2.45) is 0 Å². The number of fused-ring (bicyclic) bond motifs is 1. The molecule has 2 aliphatic heterocycles. The largest absolute Gasteiger partial charge is 0.493 e. The molecular formula is C37H43N7O3. The maximum atomic E-state index is 13.9. The van der Waals surface area contributed by atoms with E-state index in [2.05, 4.69) is 80.2 Å². The fourth-order valence-electron chi connectivity index (χ4n) is 6.54. The van der Waals surface area contributed by atoms with Crippen molar-refractivity contribution in [1.29, 1.82) is 0 Å². The van der Waals surface area contributed by atoms with Crippen molar-refractivity contribution in [3.8, 4) is 11.5 Å². The second-order valence-electron chi connectivity index (χ2n) is 12.3. The zero-order valence-corrected chi connectivity index (χ0v) is 27.4. The van der Waals surface area contributed by atoms with Gasteiger partial charge >= 0.3 is 0 Å². The van der Waals surface area contributed by atoms with Crippen molar-refractivity contribution < 1.29 is 14.3 Å². The lowest BCUT2D eigenvalue weighted by Gasteiger charge is -2.37. The number of methoxy groups -OCH3 is 2. The molecule has 244 valence electrons. The maximum absolute atomic E-state index is 13.9. The number of nitrogen functional groups attached to an aromatic ring is 2. The van der Waals surface area contributed by atoms with Gasteiger partial charge in [-0.25, -0.2) is 4.98 Å². The Morgan fingerprint density at radius 1 is 0.957 bits per heavy atom. The maximum Gasteiger partial charge on any atom is 0.221 e. The fraction of sp³-hybridized carbons (Fsp3) is 0.324. The molecule has 0 spiro atoms. The zero-order valence-electron chi connectivity index (χ0n) is 27.4. The summed E-state index contributed by atoms with van der Waals surface area (Å²) in [6.45, 7) is 6.12. The number of rotatable bonds is 10. The number of nitrogens with two attached hydrogens (primary N) is 2. The van der Waals surface area contributed by atoms with Gasteiger partial charge in [-0.3, -0.25) is 9.69 Å². The number of benzene rings is 3. The molecule has 10 heteroatoms. The Kier molecular flexibility index (Phi) is 9.70. The first-order valence-corrected chi connectivity index (χ1v) is 16.0. The number of allylic oxidation sites excluding steroid dienone is 1. The number of hydrogen-bond acceptors (Lipinski definition) is 10. The lowest BCUT2D eigenvalue weighted by molar-refractivity contribution is 0.104. The van der Waals surface area contributed by atoms with E-state index >= 15 is 0 Å². The van der Waals surface area contributed by atoms with Gasteiger partial charge in [-0.15, -0.1) is 0 Å². The standard InChI is InChI=1S/C37H43N7O3/c1-42-16-18-43(19-17-42)24-25-8-10-28(11-9-25)34-30-7-5-4-6-27(30)12-14-44(34)15-13-32(45)31-21-26(22-33(46-2)35(31)47-3)20-29-23-40-37(39)41-36(29)38/h4-11,13,15,21-23,34H,12,14,16-20,24H2,1-3H3,(H4,38,39,40,41). The van der Waals surface area contributed by atoms with E-state index < -0.39 is 0 Å². The lowest BCUT2D eigenvalue weighted by Crippen LogP contribution is -2.43. The van der Waals surface area contributed by atoms with Gasteiger partial charge in [0.15, 0.2) is 17.3 Å². The normalized spacial score (nSPS) is 17.1. The molecule has 10 nitrogen and oxygen atoms in total. The van der Waals surface area contributed by atoms with Crippen LogP contribution in [0.15, 0.2) is 79.1 Å². The Bertz CT molecular complexity index is 1750. The van der Waals surface area contributed by atoms with Crippen LogP contribution >= 0.6 is 0 Å². The minimum atomic E-state index is -0.191. The first-order valence-electron chi connectivity index (χ1n) is 16.0. The second-order valence-corrected chi connectivity index (χ2v) is 12.3. The van der Waals surface area contributed by atoms with E-state index in [0.29, 0.717) is 34.9 Å². The summed E-state index contributed by atoms with van der Waals surface area (Å²) in [7, 11) is 5.27. The van der Waals surface area contributed by atoms with Crippen LogP contribution in [-0.2, 0) is 19.4 Å². The summed E-state index contributed by atoms with van der Waals surface area (Å²) in [5.74, 6) is 1.05. The van der Waals surface area contributed by atoms with Crippen LogP contribution in [0.3, 0.4) is 0 Å². The molecule has 4 aromatic rings. The molecule has 1 saturated heterocycles. The van der Waals surface area contributed by atoms with Gasteiger partial charge in [0.2, 0.25) is 5.95 Å². The Labute approximate surface area is 276 Å². The fourth-order valence-corrected chi connectivity index (χ4v) is 6.54. The molecule has 2 aliphatic rings. The molecule has 1 atom stereocenters. The van der Waals surface area contributed by atoms with E-state index in [1.807, 2.05) is 18.3 Å². The lowest BCUT2D eigenvalue weighted by atomic mass is 9.88. The van der Waals surface area contributed by atoms with Gasteiger partial charge in [0, 0.05) is 69.7 Å². The Morgan fingerprint density at radius 3 is 2.45 bits per heavy atom. The van der Waals surface area contributed by atoms with E-state index in [9.17, 15) is 4.79 Å². The van der Waals surface area contributed by atoms with E-state index in [0.717, 1.165) is 51.3 Å². The smallest absolute Gasteiger partial charge is 0.221 e. The summed E-state index contributed by atoms with van der Waals surface area (Å²) in [5.41, 5.74) is 18.8. The molecule has 1 aromatic heterocycles. The molecule has 4 N–H and O–H groups in total. The van der Waals surface area contributed by atoms with Gasteiger partial charge in [-0.2, -0.15) is 4.98 Å². The number of aromatic nitrogens is 2. The Morgan fingerprint density at radius 2 is 1.72 bits per heavy atom. The zero-order chi connectivity index (χ0) is 32.9. The predicted octanol–water partition coefficient (Wildman–Crippen LogP) is 4.34. The quantitative estimate of drug-likeness (QED) is 0.193. The van der Waals surface area contributed by atoms with E-state index in [4.69, 9.17) is 20.9 Å². The molecule has 6 rings (SSSR count). The number of piperazine rings is 1. The summed E-state index contributed by atoms with van der Waals surface area (Å²) < 4.78 is 11.3. The monoisotopic (exact) mass is 633 g/mol. The van der Waals surface area contributed by atoms with Crippen molar-refractivity contribution in [2.75, 3.05) is 65.5 Å². The van der Waals surface area contributed by atoms with Crippen LogP contribution in [0.4, 0.5) is 11.8 Å². The van der Waals surface area contributed by atoms with E-state index in [1.54, 1.807) is 19.4 Å². The molecule has 0 bridgehead atoms. The number of likely N-dealkylation sites (N-methyl/N-ethyl adjacent to an activating group) is 1. The second kappa shape index (κ2) is 14.2. The number of anilines is 2. The third-order valence-corrected chi connectivity index (χ3v) is 9.15. The van der Waals surface area contributed by atoms with Crippen LogP contribution in [-0.4, -0.2) is 84.4 Å². The highest BCUT2D eigenvalue weighted by Gasteiger charge is 2.27. The Hall–Kier alpha value is -4.93. The van der Waals surface area contributed by atoms with Crippen molar-refractivity contribution in [3.63, 3.8) is 0 Å². The molecule has 0 radical (unpaired) electrons. The SMILES string of the molecule is COc1cc(Cc2cnc(N)nc2N)cc(C(=O)C=CN2CCc3ccccc3C2c2ccc(CN3CCN(C)CC3)cc2)c1OC. The molecule has 1 unspecified atom stereocenters. The number of ketones is 1. The van der Waals surface area contributed by atoms with Crippen LogP contribution in [0.2, 0.25) is 0 Å². The van der Waals surface area contributed by atoms with Gasteiger partial charge < -0.3 is 30.7 Å². The third-order valence-electron chi connectivity index (χ3n) is 9.15. The predicted molar refractivity (Wildman–Crippen MR) is 185 cm³/mol. The summed E-state index contributed by atoms with van der Waals surface area (Å²) in [4.78, 5) is 29.2. The van der Waals surface area contributed by atoms with Gasteiger partial charge in [0.1, 0.15) is 5.82 Å². The number of carbonyl (C=O) groups excluding carboxylic acids is 1. The molecule has 0 amide bonds. The van der Waals surface area contributed by atoms with Crippen LogP contribution in [0.5, 0.6) is 11.5 Å². The molecule has 3 heterocycles. The molecule has 1 fully saturated rings. The average molecular weight is 634 g/mol. The number of hydrogen-bond donors (Lipinski definition) is 2. The van der Waals surface area contributed by atoms with Gasteiger partial charge in [0.05, 0.1) is 25.8 Å². The minimum absolute atomic E-state index is 0.0158. The minimum Gasteiger partial charge on any atom is -0.493 e. The number of ether oxygens (including phenoxy) is 2. The van der Waals surface area contributed by atoms with E-state index in [1.165, 1.54) is 29.4 Å². The van der Waals surface area contributed by atoms with Crippen LogP contribution < -0.4 is 20.9 Å². The number of nitrogens with zero attached hydrogens (tertiary/aromatic N) is 5. The summed E-state index contributed by atoms with van der Waals surface area (Å²) in [6, 6.07) is 21.2. The van der Waals surface area contributed by atoms with Crippen LogP contribution in [0.25, 0.3) is 0 Å². The summed E-state index contributed by atoms with van der Waals surface area (Å²) in [5, 5.41) is 0. The molecule has 0 saturated carbocycles. The van der Waals surface area contributed by atoms with Gasteiger partial charge in [-0.1, -0.05) is 48.5 Å². The van der Waals surface area contributed by atoms with Crippen LogP contribution in [0.1, 0.15) is 49.8 Å². The van der Waals surface area contributed by atoms with Gasteiger partial charge in [-0.05, 0) is 53.4 Å². The average Bonchev–Trinajstić information content (AvgIpc) is 3.09. The number of carbonyl (C=O) groups is 1. The molecule has 47 heavy (non-hydrogen) atoms. The van der Waals surface area contributed by atoms with E-state index in [-0.39, 0.29) is 17.8 Å². The van der Waals surface area contributed by atoms with Crippen molar-refractivity contribution in [1.82, 2.24) is 24.7 Å².